The highest BCUT2D eigenvalue weighted by Gasteiger charge is 2.28. The summed E-state index contributed by atoms with van der Waals surface area (Å²) in [6, 6.07) is 1.24. The summed E-state index contributed by atoms with van der Waals surface area (Å²) >= 11 is 9.28. The Hall–Kier alpha value is -0.390. The minimum atomic E-state index is 0.436. The largest absolute Gasteiger partial charge is 0.367 e. The highest BCUT2D eigenvalue weighted by Crippen LogP contribution is 2.28. The van der Waals surface area contributed by atoms with Gasteiger partial charge in [-0.2, -0.15) is 0 Å². The second-order valence-corrected chi connectivity index (χ2v) is 5.60. The summed E-state index contributed by atoms with van der Waals surface area (Å²) in [5.41, 5.74) is 0. The van der Waals surface area contributed by atoms with Gasteiger partial charge in [0.15, 0.2) is 0 Å². The average Bonchev–Trinajstić information content (AvgIpc) is 3.13. The van der Waals surface area contributed by atoms with Gasteiger partial charge in [-0.1, -0.05) is 11.6 Å². The number of likely N-dealkylation sites (N-methyl/N-ethyl adjacent to an activating group) is 1. The molecule has 4 nitrogen and oxygen atoms in total. The Balaban J connectivity index is 1.90. The zero-order chi connectivity index (χ0) is 12.4. The number of nitrogens with zero attached hydrogens (tertiary/aromatic N) is 3. The molecule has 6 heteroatoms. The van der Waals surface area contributed by atoms with Gasteiger partial charge in [-0.05, 0) is 42.7 Å². The molecule has 0 bridgehead atoms. The van der Waals surface area contributed by atoms with Crippen molar-refractivity contribution in [2.75, 3.05) is 18.9 Å². The fraction of sp³-hybridized carbons (Fsp3) is 0.636. The third-order valence-corrected chi connectivity index (χ3v) is 4.40. The van der Waals surface area contributed by atoms with E-state index in [0.717, 1.165) is 22.9 Å². The van der Waals surface area contributed by atoms with E-state index < -0.39 is 0 Å². The molecule has 0 radical (unpaired) electrons. The zero-order valence-electron chi connectivity index (χ0n) is 9.95. The summed E-state index contributed by atoms with van der Waals surface area (Å²) in [4.78, 5) is 10.5. The van der Waals surface area contributed by atoms with Crippen molar-refractivity contribution in [1.29, 1.82) is 0 Å². The number of nitrogens with one attached hydrogen (secondary N) is 1. The Kier molecular flexibility index (Phi) is 4.22. The first-order valence-corrected chi connectivity index (χ1v) is 6.88. The molecule has 1 aliphatic carbocycles. The lowest BCUT2D eigenvalue weighted by atomic mass is 10.3. The minimum Gasteiger partial charge on any atom is -0.367 e. The van der Waals surface area contributed by atoms with Crippen molar-refractivity contribution >= 4 is 33.3 Å². The molecule has 1 heterocycles. The van der Waals surface area contributed by atoms with E-state index in [1.807, 2.05) is 0 Å². The Bertz CT molecular complexity index is 397. The van der Waals surface area contributed by atoms with Crippen molar-refractivity contribution in [2.24, 2.45) is 0 Å². The highest BCUT2D eigenvalue weighted by atomic mass is 79.9. The summed E-state index contributed by atoms with van der Waals surface area (Å²) in [5, 5.41) is 3.73. The van der Waals surface area contributed by atoms with Crippen LogP contribution in [0.5, 0.6) is 0 Å². The van der Waals surface area contributed by atoms with Crippen LogP contribution in [0.3, 0.4) is 0 Å². The fourth-order valence-electron chi connectivity index (χ4n) is 1.70. The molecule has 1 atom stereocenters. The number of aromatic nitrogens is 2. The van der Waals surface area contributed by atoms with Crippen LogP contribution in [0.15, 0.2) is 10.8 Å². The van der Waals surface area contributed by atoms with Gasteiger partial charge in [-0.25, -0.2) is 9.97 Å². The zero-order valence-corrected chi connectivity index (χ0v) is 12.3. The van der Waals surface area contributed by atoms with E-state index in [1.165, 1.54) is 19.2 Å². The molecule has 1 aromatic heterocycles. The van der Waals surface area contributed by atoms with Crippen LogP contribution in [0.25, 0.3) is 0 Å². The highest BCUT2D eigenvalue weighted by molar-refractivity contribution is 9.10. The van der Waals surface area contributed by atoms with Crippen LogP contribution < -0.4 is 5.32 Å². The molecular formula is C11H16BrClN4. The summed E-state index contributed by atoms with van der Waals surface area (Å²) in [5.74, 6) is 0.751. The molecule has 17 heavy (non-hydrogen) atoms. The van der Waals surface area contributed by atoms with Crippen LogP contribution in [0.4, 0.5) is 5.82 Å². The average molecular weight is 320 g/mol. The van der Waals surface area contributed by atoms with Crippen LogP contribution in [-0.2, 0) is 0 Å². The Morgan fingerprint density at radius 2 is 2.29 bits per heavy atom. The van der Waals surface area contributed by atoms with E-state index in [-0.39, 0.29) is 0 Å². The first-order valence-electron chi connectivity index (χ1n) is 5.71. The van der Waals surface area contributed by atoms with Crippen molar-refractivity contribution in [2.45, 2.75) is 31.8 Å². The van der Waals surface area contributed by atoms with Gasteiger partial charge >= 0.3 is 0 Å². The van der Waals surface area contributed by atoms with Gasteiger partial charge in [0, 0.05) is 18.6 Å². The predicted molar refractivity (Wildman–Crippen MR) is 73.5 cm³/mol. The Morgan fingerprint density at radius 3 is 2.94 bits per heavy atom. The number of rotatable bonds is 5. The van der Waals surface area contributed by atoms with Crippen LogP contribution >= 0.6 is 27.5 Å². The van der Waals surface area contributed by atoms with E-state index in [4.69, 9.17) is 11.6 Å². The number of anilines is 1. The molecule has 1 fully saturated rings. The maximum Gasteiger partial charge on any atom is 0.148 e. The topological polar surface area (TPSA) is 41.1 Å². The molecule has 1 aliphatic rings. The summed E-state index contributed by atoms with van der Waals surface area (Å²) in [7, 11) is 2.17. The predicted octanol–water partition coefficient (Wildman–Crippen LogP) is 2.79. The summed E-state index contributed by atoms with van der Waals surface area (Å²) in [6.07, 6.45) is 4.11. The van der Waals surface area contributed by atoms with E-state index >= 15 is 0 Å². The normalized spacial score (nSPS) is 17.2. The van der Waals surface area contributed by atoms with Gasteiger partial charge in [-0.15, -0.1) is 0 Å². The molecule has 0 spiro atoms. The van der Waals surface area contributed by atoms with Gasteiger partial charge in [0.05, 0.1) is 4.47 Å². The van der Waals surface area contributed by atoms with Gasteiger partial charge in [0.1, 0.15) is 17.3 Å². The Morgan fingerprint density at radius 1 is 1.59 bits per heavy atom. The summed E-state index contributed by atoms with van der Waals surface area (Å²) in [6.45, 7) is 3.06. The van der Waals surface area contributed by atoms with Crippen molar-refractivity contribution in [3.05, 3.63) is 16.0 Å². The molecule has 1 aromatic rings. The number of hydrogen-bond acceptors (Lipinski definition) is 4. The molecule has 0 saturated heterocycles. The SMILES string of the molecule is CC(CNc1ncnc(Cl)c1Br)N(C)C1CC1. The molecule has 1 saturated carbocycles. The molecule has 0 amide bonds. The maximum absolute atomic E-state index is 5.90. The molecule has 0 aromatic carbocycles. The maximum atomic E-state index is 5.90. The van der Waals surface area contributed by atoms with Crippen molar-refractivity contribution < 1.29 is 0 Å². The fourth-order valence-corrected chi connectivity index (χ4v) is 2.18. The van der Waals surface area contributed by atoms with E-state index in [2.05, 4.69) is 50.1 Å². The van der Waals surface area contributed by atoms with E-state index in [0.29, 0.717) is 11.2 Å². The monoisotopic (exact) mass is 318 g/mol. The standard InChI is InChI=1S/C11H16BrClN4/c1-7(17(2)8-3-4-8)5-14-11-9(12)10(13)15-6-16-11/h6-8H,3-5H2,1-2H3,(H,14,15,16). The molecule has 1 unspecified atom stereocenters. The smallest absolute Gasteiger partial charge is 0.148 e. The molecule has 0 aliphatic heterocycles. The molecular weight excluding hydrogens is 304 g/mol. The number of halogens is 2. The summed E-state index contributed by atoms with van der Waals surface area (Å²) < 4.78 is 0.725. The lowest BCUT2D eigenvalue weighted by molar-refractivity contribution is 0.257. The first kappa shape index (κ1) is 13.1. The lowest BCUT2D eigenvalue weighted by Crippen LogP contribution is -2.36. The van der Waals surface area contributed by atoms with Crippen LogP contribution in [0.1, 0.15) is 19.8 Å². The van der Waals surface area contributed by atoms with Gasteiger partial charge in [0.25, 0.3) is 0 Å². The lowest BCUT2D eigenvalue weighted by Gasteiger charge is -2.25. The van der Waals surface area contributed by atoms with Crippen LogP contribution in [-0.4, -0.2) is 40.5 Å². The van der Waals surface area contributed by atoms with E-state index in [1.54, 1.807) is 0 Å². The van der Waals surface area contributed by atoms with Crippen LogP contribution in [0, 0.1) is 0 Å². The molecule has 2 rings (SSSR count). The van der Waals surface area contributed by atoms with Crippen molar-refractivity contribution in [3.63, 3.8) is 0 Å². The third-order valence-electron chi connectivity index (χ3n) is 3.13. The molecule has 1 N–H and O–H groups in total. The van der Waals surface area contributed by atoms with Crippen molar-refractivity contribution in [3.8, 4) is 0 Å². The second kappa shape index (κ2) is 5.50. The van der Waals surface area contributed by atoms with Crippen LogP contribution in [0.2, 0.25) is 5.15 Å². The number of hydrogen-bond donors (Lipinski definition) is 1. The van der Waals surface area contributed by atoms with E-state index in [9.17, 15) is 0 Å². The van der Waals surface area contributed by atoms with Gasteiger partial charge < -0.3 is 5.32 Å². The Labute approximate surface area is 115 Å². The quantitative estimate of drug-likeness (QED) is 0.847. The second-order valence-electron chi connectivity index (χ2n) is 4.45. The van der Waals surface area contributed by atoms with Gasteiger partial charge in [-0.3, -0.25) is 4.90 Å². The van der Waals surface area contributed by atoms with Gasteiger partial charge in [0.2, 0.25) is 0 Å². The first-order chi connectivity index (χ1) is 8.09. The van der Waals surface area contributed by atoms with Crippen molar-refractivity contribution in [1.82, 2.24) is 14.9 Å². The third kappa shape index (κ3) is 3.30. The minimum absolute atomic E-state index is 0.436. The molecule has 94 valence electrons.